The Bertz CT molecular complexity index is 955. The van der Waals surface area contributed by atoms with Gasteiger partial charge in [-0.25, -0.2) is 17.5 Å². The summed E-state index contributed by atoms with van der Waals surface area (Å²) in [6.07, 6.45) is 0.725. The first-order valence-electron chi connectivity index (χ1n) is 9.76. The number of rotatable bonds is 8. The lowest BCUT2D eigenvalue weighted by Gasteiger charge is -2.36. The number of ether oxygens (including phenoxy) is 1. The Kier molecular flexibility index (Phi) is 7.54. The molecule has 1 heterocycles. The summed E-state index contributed by atoms with van der Waals surface area (Å²) in [5.74, 6) is -0.935. The molecule has 0 bridgehead atoms. The molecule has 3 atom stereocenters. The van der Waals surface area contributed by atoms with Crippen molar-refractivity contribution in [3.8, 4) is 0 Å². The van der Waals surface area contributed by atoms with Gasteiger partial charge in [-0.2, -0.15) is 0 Å². The number of sulfonamides is 1. The van der Waals surface area contributed by atoms with Gasteiger partial charge in [-0.15, -0.1) is 0 Å². The highest BCUT2D eigenvalue weighted by Crippen LogP contribution is 2.22. The van der Waals surface area contributed by atoms with Crippen LogP contribution in [0.2, 0.25) is 0 Å². The zero-order chi connectivity index (χ0) is 21.6. The average Bonchev–Trinajstić information content (AvgIpc) is 2.75. The van der Waals surface area contributed by atoms with Gasteiger partial charge in [-0.1, -0.05) is 24.3 Å². The highest BCUT2D eigenvalue weighted by molar-refractivity contribution is 7.89. The van der Waals surface area contributed by atoms with Gasteiger partial charge in [0.15, 0.2) is 0 Å². The van der Waals surface area contributed by atoms with Gasteiger partial charge >= 0.3 is 0 Å². The van der Waals surface area contributed by atoms with Gasteiger partial charge in [0.25, 0.3) is 5.91 Å². The molecule has 0 radical (unpaired) electrons. The first kappa shape index (κ1) is 22.4. The molecule has 0 unspecified atom stereocenters. The number of nitrogens with one attached hydrogen (secondary N) is 2. The van der Waals surface area contributed by atoms with Crippen LogP contribution in [0.1, 0.15) is 29.6 Å². The molecule has 2 aromatic rings. The van der Waals surface area contributed by atoms with Crippen LogP contribution in [0.25, 0.3) is 0 Å². The second kappa shape index (κ2) is 10.1. The minimum Gasteiger partial charge on any atom is -0.394 e. The Morgan fingerprint density at radius 2 is 1.90 bits per heavy atom. The lowest BCUT2D eigenvalue weighted by molar-refractivity contribution is -0.0891. The summed E-state index contributed by atoms with van der Waals surface area (Å²) in [6, 6.07) is 13.1. The molecule has 1 saturated heterocycles. The number of aliphatic hydroxyl groups is 1. The molecule has 1 aliphatic heterocycles. The SMILES string of the molecule is O=C(N[C@@H]1CC[C@@H](CCNS(=O)(=O)c2ccccc2)O[C@H]1CO)c1cccc(F)c1. The van der Waals surface area contributed by atoms with Crippen molar-refractivity contribution in [2.24, 2.45) is 0 Å². The number of carbonyl (C=O) groups excluding carboxylic acids is 1. The van der Waals surface area contributed by atoms with Crippen LogP contribution in [0, 0.1) is 5.82 Å². The van der Waals surface area contributed by atoms with Crippen LogP contribution in [0.4, 0.5) is 4.39 Å². The molecule has 3 rings (SSSR count). The second-order valence-electron chi connectivity index (χ2n) is 7.15. The molecular weight excluding hydrogens is 411 g/mol. The predicted octanol–water partition coefficient (Wildman–Crippen LogP) is 1.83. The monoisotopic (exact) mass is 436 g/mol. The summed E-state index contributed by atoms with van der Waals surface area (Å²) >= 11 is 0. The van der Waals surface area contributed by atoms with E-state index >= 15 is 0 Å². The third-order valence-corrected chi connectivity index (χ3v) is 6.49. The van der Waals surface area contributed by atoms with E-state index in [1.807, 2.05) is 0 Å². The number of amides is 1. The molecule has 0 spiro atoms. The molecule has 1 amide bonds. The van der Waals surface area contributed by atoms with Crippen LogP contribution in [0.5, 0.6) is 0 Å². The molecule has 30 heavy (non-hydrogen) atoms. The van der Waals surface area contributed by atoms with Crippen molar-refractivity contribution < 1.29 is 27.4 Å². The first-order chi connectivity index (χ1) is 14.4. The zero-order valence-corrected chi connectivity index (χ0v) is 17.1. The lowest BCUT2D eigenvalue weighted by atomic mass is 9.97. The molecule has 7 nitrogen and oxygen atoms in total. The van der Waals surface area contributed by atoms with Gasteiger partial charge in [0.1, 0.15) is 11.9 Å². The van der Waals surface area contributed by atoms with E-state index in [2.05, 4.69) is 10.0 Å². The predicted molar refractivity (Wildman–Crippen MR) is 109 cm³/mol. The van der Waals surface area contributed by atoms with E-state index in [-0.39, 0.29) is 29.7 Å². The molecule has 0 saturated carbocycles. The summed E-state index contributed by atoms with van der Waals surface area (Å²) in [4.78, 5) is 12.5. The highest BCUT2D eigenvalue weighted by atomic mass is 32.2. The standard InChI is InChI=1S/C21H25FN2O5S/c22-16-6-4-5-15(13-16)21(26)24-19-10-9-17(29-20(19)14-25)11-12-23-30(27,28)18-7-2-1-3-8-18/h1-8,13,17,19-20,23,25H,9-12,14H2,(H,24,26)/t17-,19+,20-/m0/s1. The molecule has 3 N–H and O–H groups in total. The maximum Gasteiger partial charge on any atom is 0.251 e. The lowest BCUT2D eigenvalue weighted by Crippen LogP contribution is -2.51. The molecule has 162 valence electrons. The summed E-state index contributed by atoms with van der Waals surface area (Å²) < 4.78 is 46.2. The van der Waals surface area contributed by atoms with Gasteiger partial charge in [-0.3, -0.25) is 4.79 Å². The topological polar surface area (TPSA) is 105 Å². The van der Waals surface area contributed by atoms with E-state index in [1.54, 1.807) is 18.2 Å². The fourth-order valence-corrected chi connectivity index (χ4v) is 4.50. The number of hydrogen-bond acceptors (Lipinski definition) is 5. The Labute approximate surface area is 175 Å². The van der Waals surface area contributed by atoms with E-state index in [4.69, 9.17) is 4.74 Å². The summed E-state index contributed by atoms with van der Waals surface area (Å²) in [6.45, 7) is -0.0965. The minimum absolute atomic E-state index is 0.195. The largest absolute Gasteiger partial charge is 0.394 e. The van der Waals surface area contributed by atoms with Gasteiger partial charge in [0, 0.05) is 12.1 Å². The minimum atomic E-state index is -3.58. The molecule has 1 aliphatic rings. The Morgan fingerprint density at radius 3 is 2.60 bits per heavy atom. The second-order valence-corrected chi connectivity index (χ2v) is 8.91. The first-order valence-corrected chi connectivity index (χ1v) is 11.2. The van der Waals surface area contributed by atoms with E-state index in [9.17, 15) is 22.7 Å². The Morgan fingerprint density at radius 1 is 1.13 bits per heavy atom. The number of hydrogen-bond donors (Lipinski definition) is 3. The molecule has 0 aromatic heterocycles. The average molecular weight is 437 g/mol. The highest BCUT2D eigenvalue weighted by Gasteiger charge is 2.32. The van der Waals surface area contributed by atoms with Crippen LogP contribution >= 0.6 is 0 Å². The molecule has 1 fully saturated rings. The number of benzene rings is 2. The summed E-state index contributed by atoms with van der Waals surface area (Å²) in [5, 5.41) is 12.4. The van der Waals surface area contributed by atoms with Crippen LogP contribution in [-0.4, -0.2) is 50.8 Å². The molecule has 2 aromatic carbocycles. The summed E-state index contributed by atoms with van der Waals surface area (Å²) in [5.41, 5.74) is 0.198. The number of aliphatic hydroxyl groups excluding tert-OH is 1. The van der Waals surface area contributed by atoms with E-state index in [1.165, 1.54) is 30.3 Å². The van der Waals surface area contributed by atoms with E-state index < -0.39 is 33.9 Å². The maximum absolute atomic E-state index is 13.3. The van der Waals surface area contributed by atoms with Gasteiger partial charge in [0.05, 0.1) is 23.6 Å². The van der Waals surface area contributed by atoms with E-state index in [0.29, 0.717) is 19.3 Å². The van der Waals surface area contributed by atoms with Crippen molar-refractivity contribution >= 4 is 15.9 Å². The van der Waals surface area contributed by atoms with Gasteiger partial charge < -0.3 is 15.2 Å². The van der Waals surface area contributed by atoms with Crippen LogP contribution in [0.15, 0.2) is 59.5 Å². The molecular formula is C21H25FN2O5S. The van der Waals surface area contributed by atoms with Crippen molar-refractivity contribution in [1.29, 1.82) is 0 Å². The van der Waals surface area contributed by atoms with Gasteiger partial charge in [0.2, 0.25) is 10.0 Å². The van der Waals surface area contributed by atoms with Crippen molar-refractivity contribution in [2.75, 3.05) is 13.2 Å². The Hall–Kier alpha value is -2.33. The van der Waals surface area contributed by atoms with Crippen LogP contribution < -0.4 is 10.0 Å². The van der Waals surface area contributed by atoms with Crippen molar-refractivity contribution in [3.05, 3.63) is 66.0 Å². The summed E-state index contributed by atoms with van der Waals surface area (Å²) in [7, 11) is -3.58. The number of carbonyl (C=O) groups is 1. The van der Waals surface area contributed by atoms with Crippen molar-refractivity contribution in [2.45, 2.75) is 42.4 Å². The van der Waals surface area contributed by atoms with E-state index in [0.717, 1.165) is 6.07 Å². The number of halogens is 1. The molecule has 9 heteroatoms. The fraction of sp³-hybridized carbons (Fsp3) is 0.381. The zero-order valence-electron chi connectivity index (χ0n) is 16.3. The fourth-order valence-electron chi connectivity index (χ4n) is 3.43. The molecule has 0 aliphatic carbocycles. The van der Waals surface area contributed by atoms with Crippen LogP contribution in [0.3, 0.4) is 0 Å². The van der Waals surface area contributed by atoms with Crippen molar-refractivity contribution in [3.63, 3.8) is 0 Å². The third kappa shape index (κ3) is 5.85. The smallest absolute Gasteiger partial charge is 0.251 e. The third-order valence-electron chi connectivity index (χ3n) is 5.01. The van der Waals surface area contributed by atoms with Crippen molar-refractivity contribution in [1.82, 2.24) is 10.0 Å². The van der Waals surface area contributed by atoms with Crippen LogP contribution in [-0.2, 0) is 14.8 Å². The maximum atomic E-state index is 13.3. The quantitative estimate of drug-likeness (QED) is 0.586. The normalized spacial score (nSPS) is 21.9. The Balaban J connectivity index is 1.50. The van der Waals surface area contributed by atoms with Gasteiger partial charge in [-0.05, 0) is 49.6 Å².